The quantitative estimate of drug-likeness (QED) is 0.807. The van der Waals surface area contributed by atoms with E-state index in [1.807, 2.05) is 24.3 Å². The summed E-state index contributed by atoms with van der Waals surface area (Å²) in [6.07, 6.45) is 6.22. The van der Waals surface area contributed by atoms with Gasteiger partial charge >= 0.3 is 14.2 Å². The van der Waals surface area contributed by atoms with Crippen molar-refractivity contribution in [3.05, 3.63) is 73.6 Å². The van der Waals surface area contributed by atoms with Crippen LogP contribution in [0.1, 0.15) is 0 Å². The summed E-state index contributed by atoms with van der Waals surface area (Å²) < 4.78 is 21.3. The topological polar surface area (TPSA) is 36.9 Å². The third kappa shape index (κ3) is 2.44. The summed E-state index contributed by atoms with van der Waals surface area (Å²) in [7, 11) is -0.666. The maximum Gasteiger partial charge on any atom is 0.631 e. The molecule has 2 aliphatic heterocycles. The van der Waals surface area contributed by atoms with Gasteiger partial charge in [0.25, 0.3) is 0 Å². The van der Waals surface area contributed by atoms with Gasteiger partial charge in [0, 0.05) is 10.9 Å². The van der Waals surface area contributed by atoms with E-state index in [1.54, 1.807) is 25.0 Å². The maximum atomic E-state index is 5.32. The van der Waals surface area contributed by atoms with E-state index in [0.717, 1.165) is 22.1 Å². The largest absolute Gasteiger partial charge is 0.631 e. The Labute approximate surface area is 129 Å². The zero-order valence-corrected chi connectivity index (χ0v) is 11.7. The van der Waals surface area contributed by atoms with Gasteiger partial charge in [0.2, 0.25) is 0 Å². The fourth-order valence-corrected chi connectivity index (χ4v) is 2.46. The lowest BCUT2D eigenvalue weighted by atomic mass is 9.78. The van der Waals surface area contributed by atoms with Crippen LogP contribution in [0.25, 0.3) is 11.1 Å². The molecule has 0 saturated heterocycles. The summed E-state index contributed by atoms with van der Waals surface area (Å²) in [4.78, 5) is 0. The minimum absolute atomic E-state index is 0.333. The zero-order valence-electron chi connectivity index (χ0n) is 11.7. The zero-order chi connectivity index (χ0) is 14.8. The molecule has 2 aromatic rings. The fraction of sp³-hybridized carbons (Fsp3) is 0. The highest BCUT2D eigenvalue weighted by molar-refractivity contribution is 6.62. The highest BCUT2D eigenvalue weighted by Crippen LogP contribution is 2.18. The summed E-state index contributed by atoms with van der Waals surface area (Å²) >= 11 is 0. The Morgan fingerprint density at radius 3 is 1.09 bits per heavy atom. The number of hydrogen-bond acceptors (Lipinski definition) is 4. The minimum Gasteiger partial charge on any atom is -0.525 e. The van der Waals surface area contributed by atoms with Crippen molar-refractivity contribution in [1.82, 2.24) is 0 Å². The standard InChI is InChI=1S/C16H12B2O4/c1-5-15(17-19-9-10-20-17)6-2-13(1)14-3-7-16(8-4-14)18-21-11-12-22-18/h1-12H. The van der Waals surface area contributed by atoms with Crippen molar-refractivity contribution in [1.29, 1.82) is 0 Å². The Morgan fingerprint density at radius 2 is 0.773 bits per heavy atom. The second-order valence-corrected chi connectivity index (χ2v) is 5.00. The molecule has 0 spiro atoms. The van der Waals surface area contributed by atoms with Crippen LogP contribution in [0.4, 0.5) is 0 Å². The first kappa shape index (κ1) is 13.0. The Kier molecular flexibility index (Phi) is 3.27. The van der Waals surface area contributed by atoms with Gasteiger partial charge in [-0.25, -0.2) is 0 Å². The molecule has 0 aliphatic carbocycles. The van der Waals surface area contributed by atoms with E-state index in [0.29, 0.717) is 0 Å². The third-order valence-electron chi connectivity index (χ3n) is 3.62. The van der Waals surface area contributed by atoms with E-state index in [1.165, 1.54) is 0 Å². The summed E-state index contributed by atoms with van der Waals surface area (Å²) in [6.45, 7) is 0. The van der Waals surface area contributed by atoms with Crippen molar-refractivity contribution in [2.24, 2.45) is 0 Å². The summed E-state index contributed by atoms with van der Waals surface area (Å²) in [6, 6.07) is 16.3. The van der Waals surface area contributed by atoms with Crippen molar-refractivity contribution in [2.45, 2.75) is 0 Å². The minimum atomic E-state index is -0.333. The molecule has 0 atom stereocenters. The van der Waals surface area contributed by atoms with Crippen LogP contribution in [0.15, 0.2) is 73.6 Å². The second kappa shape index (κ2) is 5.56. The van der Waals surface area contributed by atoms with Crippen LogP contribution in [0.2, 0.25) is 0 Å². The van der Waals surface area contributed by atoms with Crippen molar-refractivity contribution < 1.29 is 18.6 Å². The first-order valence-corrected chi connectivity index (χ1v) is 7.02. The predicted octanol–water partition coefficient (Wildman–Crippen LogP) is 1.78. The molecule has 6 heteroatoms. The Morgan fingerprint density at radius 1 is 0.455 bits per heavy atom. The number of rotatable bonds is 3. The van der Waals surface area contributed by atoms with Crippen molar-refractivity contribution in [3.8, 4) is 11.1 Å². The van der Waals surface area contributed by atoms with Crippen LogP contribution in [0.3, 0.4) is 0 Å². The molecular formula is C16H12B2O4. The Balaban J connectivity index is 1.51. The predicted molar refractivity (Wildman–Crippen MR) is 85.3 cm³/mol. The molecule has 0 radical (unpaired) electrons. The molecule has 4 rings (SSSR count). The molecule has 2 heterocycles. The lowest BCUT2D eigenvalue weighted by Crippen LogP contribution is -2.31. The highest BCUT2D eigenvalue weighted by Gasteiger charge is 2.27. The molecule has 0 bridgehead atoms. The van der Waals surface area contributed by atoms with Crippen LogP contribution >= 0.6 is 0 Å². The number of hydrogen-bond donors (Lipinski definition) is 0. The maximum absolute atomic E-state index is 5.32. The molecule has 2 aliphatic rings. The molecule has 22 heavy (non-hydrogen) atoms. The average molecular weight is 290 g/mol. The van der Waals surface area contributed by atoms with Crippen LogP contribution < -0.4 is 10.9 Å². The molecule has 0 unspecified atom stereocenters. The fourth-order valence-electron chi connectivity index (χ4n) is 2.46. The highest BCUT2D eigenvalue weighted by atomic mass is 16.6. The van der Waals surface area contributed by atoms with Gasteiger partial charge in [-0.3, -0.25) is 0 Å². The second-order valence-electron chi connectivity index (χ2n) is 5.00. The van der Waals surface area contributed by atoms with Gasteiger partial charge < -0.3 is 18.6 Å². The normalized spacial score (nSPS) is 15.3. The first-order valence-electron chi connectivity index (χ1n) is 7.02. The van der Waals surface area contributed by atoms with Crippen LogP contribution in [-0.2, 0) is 18.6 Å². The van der Waals surface area contributed by atoms with Gasteiger partial charge in [-0.05, 0) is 11.1 Å². The Bertz CT molecular complexity index is 630. The van der Waals surface area contributed by atoms with E-state index in [2.05, 4.69) is 24.3 Å². The first-order chi connectivity index (χ1) is 10.9. The van der Waals surface area contributed by atoms with Crippen molar-refractivity contribution in [3.63, 3.8) is 0 Å². The molecule has 0 N–H and O–H groups in total. The van der Waals surface area contributed by atoms with Crippen LogP contribution in [0, 0.1) is 0 Å². The van der Waals surface area contributed by atoms with Crippen molar-refractivity contribution in [2.75, 3.05) is 0 Å². The van der Waals surface area contributed by atoms with Gasteiger partial charge in [-0.1, -0.05) is 48.5 Å². The lowest BCUT2D eigenvalue weighted by Gasteiger charge is -2.08. The van der Waals surface area contributed by atoms with E-state index in [-0.39, 0.29) is 14.2 Å². The smallest absolute Gasteiger partial charge is 0.525 e. The van der Waals surface area contributed by atoms with Gasteiger partial charge in [0.15, 0.2) is 0 Å². The van der Waals surface area contributed by atoms with Crippen LogP contribution in [-0.4, -0.2) is 14.2 Å². The molecule has 4 nitrogen and oxygen atoms in total. The van der Waals surface area contributed by atoms with Gasteiger partial charge in [0.1, 0.15) is 0 Å². The van der Waals surface area contributed by atoms with Crippen molar-refractivity contribution >= 4 is 25.2 Å². The van der Waals surface area contributed by atoms with Gasteiger partial charge in [0.05, 0.1) is 25.0 Å². The molecule has 0 saturated carbocycles. The van der Waals surface area contributed by atoms with E-state index in [9.17, 15) is 0 Å². The molecule has 0 fully saturated rings. The van der Waals surface area contributed by atoms with Crippen LogP contribution in [0.5, 0.6) is 0 Å². The summed E-state index contributed by atoms with van der Waals surface area (Å²) in [5.74, 6) is 0. The van der Waals surface area contributed by atoms with E-state index >= 15 is 0 Å². The summed E-state index contributed by atoms with van der Waals surface area (Å²) in [5.41, 5.74) is 4.24. The number of benzene rings is 2. The third-order valence-corrected chi connectivity index (χ3v) is 3.62. The molecular weight excluding hydrogens is 278 g/mol. The van der Waals surface area contributed by atoms with E-state index < -0.39 is 0 Å². The summed E-state index contributed by atoms with van der Waals surface area (Å²) in [5, 5.41) is 0. The molecule has 0 amide bonds. The SMILES string of the molecule is C1=COB(c2ccc(-c3ccc(B4OC=CO4)cc3)cc2)O1. The Hall–Kier alpha value is -2.75. The lowest BCUT2D eigenvalue weighted by molar-refractivity contribution is 0.423. The van der Waals surface area contributed by atoms with Gasteiger partial charge in [-0.2, -0.15) is 0 Å². The van der Waals surface area contributed by atoms with Gasteiger partial charge in [-0.15, -0.1) is 0 Å². The monoisotopic (exact) mass is 290 g/mol. The average Bonchev–Trinajstić information content (AvgIpc) is 3.29. The molecule has 2 aromatic carbocycles. The molecule has 106 valence electrons. The van der Waals surface area contributed by atoms with E-state index in [4.69, 9.17) is 18.6 Å². The molecule has 0 aromatic heterocycles.